The van der Waals surface area contributed by atoms with Crippen molar-refractivity contribution in [3.63, 3.8) is 0 Å². The van der Waals surface area contributed by atoms with Crippen LogP contribution in [-0.4, -0.2) is 9.90 Å². The predicted octanol–water partition coefficient (Wildman–Crippen LogP) is 3.42. The number of rotatable bonds is 5. The van der Waals surface area contributed by atoms with Crippen LogP contribution in [0.4, 0.5) is 0 Å². The molecule has 86 valence electrons. The van der Waals surface area contributed by atoms with Crippen LogP contribution in [0.25, 0.3) is 0 Å². The smallest absolute Gasteiger partial charge is 0.303 e. The molecule has 0 aromatic carbocycles. The van der Waals surface area contributed by atoms with Crippen LogP contribution in [0.3, 0.4) is 0 Å². The molecule has 1 rings (SSSR count). The summed E-state index contributed by atoms with van der Waals surface area (Å²) in [6.45, 7) is 7.22. The minimum absolute atomic E-state index is 0.166. The fraction of sp³-hybridized carbons (Fsp3) is 0.727. The Balaban J connectivity index is 2.97. The zero-order valence-electron chi connectivity index (χ0n) is 9.55. The topological polar surface area (TPSA) is 22.0 Å². The van der Waals surface area contributed by atoms with Gasteiger partial charge in [-0.2, -0.15) is 0 Å². The van der Waals surface area contributed by atoms with Crippen LogP contribution in [0.5, 0.6) is 0 Å². The summed E-state index contributed by atoms with van der Waals surface area (Å²) in [5.74, 6) is 0. The summed E-state index contributed by atoms with van der Waals surface area (Å²) < 4.78 is 1.90. The van der Waals surface area contributed by atoms with Crippen LogP contribution in [0.1, 0.15) is 32.4 Å². The Bertz CT molecular complexity index is 357. The van der Waals surface area contributed by atoms with Crippen molar-refractivity contribution in [1.29, 1.82) is 0 Å². The molecule has 2 nitrogen and oxygen atoms in total. The SMILES string of the molecule is CCC(CC)(CBr)Cn1c(C)csc1=O. The van der Waals surface area contributed by atoms with E-state index in [4.69, 9.17) is 0 Å². The van der Waals surface area contributed by atoms with Crippen LogP contribution < -0.4 is 4.87 Å². The van der Waals surface area contributed by atoms with E-state index in [1.807, 2.05) is 16.9 Å². The zero-order chi connectivity index (χ0) is 11.5. The van der Waals surface area contributed by atoms with Crippen LogP contribution in [0, 0.1) is 12.3 Å². The second-order valence-corrected chi connectivity index (χ2v) is 5.45. The van der Waals surface area contributed by atoms with Crippen LogP contribution >= 0.6 is 27.3 Å². The fourth-order valence-corrected chi connectivity index (χ4v) is 3.34. The van der Waals surface area contributed by atoms with E-state index < -0.39 is 0 Å². The number of aromatic nitrogens is 1. The standard InChI is InChI=1S/C11H18BrNOS/c1-4-11(5-2,7-12)8-13-9(3)6-15-10(13)14/h6H,4-5,7-8H2,1-3H3. The summed E-state index contributed by atoms with van der Waals surface area (Å²) in [4.78, 5) is 11.8. The molecule has 0 atom stereocenters. The van der Waals surface area contributed by atoms with E-state index in [1.54, 1.807) is 0 Å². The molecule has 0 spiro atoms. The van der Waals surface area contributed by atoms with Gasteiger partial charge in [0, 0.05) is 22.9 Å². The number of aryl methyl sites for hydroxylation is 1. The van der Waals surface area contributed by atoms with Crippen LogP contribution in [0.15, 0.2) is 10.2 Å². The number of halogens is 1. The van der Waals surface area contributed by atoms with Crippen molar-refractivity contribution in [2.24, 2.45) is 5.41 Å². The van der Waals surface area contributed by atoms with Gasteiger partial charge in [-0.3, -0.25) is 4.79 Å². The molecule has 0 aliphatic rings. The molecule has 15 heavy (non-hydrogen) atoms. The molecular weight excluding hydrogens is 274 g/mol. The first kappa shape index (κ1) is 13.0. The van der Waals surface area contributed by atoms with E-state index in [-0.39, 0.29) is 10.3 Å². The molecule has 0 N–H and O–H groups in total. The molecule has 0 fully saturated rings. The Morgan fingerprint density at radius 1 is 1.47 bits per heavy atom. The van der Waals surface area contributed by atoms with Gasteiger partial charge in [-0.05, 0) is 25.2 Å². The molecule has 1 aromatic heterocycles. The van der Waals surface area contributed by atoms with Crippen molar-refractivity contribution in [1.82, 2.24) is 4.57 Å². The van der Waals surface area contributed by atoms with E-state index >= 15 is 0 Å². The first-order valence-electron chi connectivity index (χ1n) is 5.29. The molecule has 4 heteroatoms. The molecule has 0 saturated heterocycles. The molecule has 0 radical (unpaired) electrons. The lowest BCUT2D eigenvalue weighted by atomic mass is 9.84. The normalized spacial score (nSPS) is 12.0. The van der Waals surface area contributed by atoms with E-state index in [9.17, 15) is 4.79 Å². The Kier molecular flexibility index (Phi) is 4.59. The summed E-state index contributed by atoms with van der Waals surface area (Å²) in [6.07, 6.45) is 2.19. The largest absolute Gasteiger partial charge is 0.307 e. The first-order valence-corrected chi connectivity index (χ1v) is 7.29. The molecule has 0 unspecified atom stereocenters. The quantitative estimate of drug-likeness (QED) is 0.762. The molecule has 0 bridgehead atoms. The van der Waals surface area contributed by atoms with Gasteiger partial charge in [0.1, 0.15) is 0 Å². The molecule has 0 amide bonds. The highest BCUT2D eigenvalue weighted by Gasteiger charge is 2.26. The highest BCUT2D eigenvalue weighted by Crippen LogP contribution is 2.30. The summed E-state index contributed by atoms with van der Waals surface area (Å²) in [6, 6.07) is 0. The number of hydrogen-bond donors (Lipinski definition) is 0. The Morgan fingerprint density at radius 3 is 2.40 bits per heavy atom. The monoisotopic (exact) mass is 291 g/mol. The Morgan fingerprint density at radius 2 is 2.07 bits per heavy atom. The van der Waals surface area contributed by atoms with E-state index in [2.05, 4.69) is 29.8 Å². The van der Waals surface area contributed by atoms with Gasteiger partial charge in [-0.15, -0.1) is 0 Å². The Labute approximate surface area is 103 Å². The molecule has 0 aliphatic carbocycles. The van der Waals surface area contributed by atoms with E-state index in [1.165, 1.54) is 11.3 Å². The number of thiazole rings is 1. The predicted molar refractivity (Wildman–Crippen MR) is 70.1 cm³/mol. The van der Waals surface area contributed by atoms with Crippen molar-refractivity contribution >= 4 is 27.3 Å². The maximum Gasteiger partial charge on any atom is 0.307 e. The number of alkyl halides is 1. The lowest BCUT2D eigenvalue weighted by Crippen LogP contribution is -2.31. The van der Waals surface area contributed by atoms with Crippen LogP contribution in [-0.2, 0) is 6.54 Å². The third-order valence-electron chi connectivity index (χ3n) is 3.25. The maximum absolute atomic E-state index is 11.6. The van der Waals surface area contributed by atoms with Crippen molar-refractivity contribution < 1.29 is 0 Å². The van der Waals surface area contributed by atoms with Crippen LogP contribution in [0.2, 0.25) is 0 Å². The third-order valence-corrected chi connectivity index (χ3v) is 5.32. The third kappa shape index (κ3) is 2.72. The van der Waals surface area contributed by atoms with Crippen molar-refractivity contribution in [2.75, 3.05) is 5.33 Å². The summed E-state index contributed by atoms with van der Waals surface area (Å²) >= 11 is 4.87. The highest BCUT2D eigenvalue weighted by atomic mass is 79.9. The van der Waals surface area contributed by atoms with Gasteiger partial charge in [-0.1, -0.05) is 41.1 Å². The van der Waals surface area contributed by atoms with Gasteiger partial charge in [0.15, 0.2) is 0 Å². The summed E-state index contributed by atoms with van der Waals surface area (Å²) in [5.41, 5.74) is 1.30. The first-order chi connectivity index (χ1) is 7.08. The summed E-state index contributed by atoms with van der Waals surface area (Å²) in [5, 5.41) is 2.89. The maximum atomic E-state index is 11.6. The second kappa shape index (κ2) is 5.30. The molecule has 0 aliphatic heterocycles. The van der Waals surface area contributed by atoms with Crippen molar-refractivity contribution in [3.05, 3.63) is 20.7 Å². The molecule has 1 aromatic rings. The van der Waals surface area contributed by atoms with Crippen molar-refractivity contribution in [3.8, 4) is 0 Å². The minimum atomic E-state index is 0.166. The van der Waals surface area contributed by atoms with E-state index in [0.717, 1.165) is 30.4 Å². The van der Waals surface area contributed by atoms with Gasteiger partial charge < -0.3 is 4.57 Å². The second-order valence-electron chi connectivity index (χ2n) is 4.07. The molecular formula is C11H18BrNOS. The molecule has 0 saturated carbocycles. The molecule has 1 heterocycles. The van der Waals surface area contributed by atoms with E-state index in [0.29, 0.717) is 0 Å². The lowest BCUT2D eigenvalue weighted by molar-refractivity contribution is 0.256. The average Bonchev–Trinajstić information content (AvgIpc) is 2.57. The highest BCUT2D eigenvalue weighted by molar-refractivity contribution is 9.09. The van der Waals surface area contributed by atoms with Crippen molar-refractivity contribution in [2.45, 2.75) is 40.2 Å². The number of nitrogens with zero attached hydrogens (tertiary/aromatic N) is 1. The van der Waals surface area contributed by atoms with Gasteiger partial charge >= 0.3 is 4.87 Å². The lowest BCUT2D eigenvalue weighted by Gasteiger charge is -2.30. The fourth-order valence-electron chi connectivity index (χ4n) is 1.64. The number of hydrogen-bond acceptors (Lipinski definition) is 2. The van der Waals surface area contributed by atoms with Gasteiger partial charge in [0.25, 0.3) is 0 Å². The van der Waals surface area contributed by atoms with Gasteiger partial charge in [-0.25, -0.2) is 0 Å². The minimum Gasteiger partial charge on any atom is -0.303 e. The summed E-state index contributed by atoms with van der Waals surface area (Å²) in [7, 11) is 0. The zero-order valence-corrected chi connectivity index (χ0v) is 11.9. The van der Waals surface area contributed by atoms with Gasteiger partial charge in [0.2, 0.25) is 0 Å². The average molecular weight is 292 g/mol. The van der Waals surface area contributed by atoms with Gasteiger partial charge in [0.05, 0.1) is 0 Å². The Hall–Kier alpha value is -0.0900.